The van der Waals surface area contributed by atoms with Crippen LogP contribution in [-0.4, -0.2) is 18.8 Å². The summed E-state index contributed by atoms with van der Waals surface area (Å²) < 4.78 is 11.4. The molecule has 0 N–H and O–H groups in total. The highest BCUT2D eigenvalue weighted by Gasteiger charge is 2.25. The number of hydrogen-bond donors (Lipinski definition) is 0. The Bertz CT molecular complexity index is 192. The number of hydrogen-bond acceptors (Lipinski definition) is 2. The quantitative estimate of drug-likeness (QED) is 0.653. The molecule has 2 unspecified atom stereocenters. The molecule has 0 aromatic rings. The lowest BCUT2D eigenvalue weighted by Gasteiger charge is -2.24. The van der Waals surface area contributed by atoms with Crippen molar-refractivity contribution in [2.45, 2.75) is 51.2 Å². The summed E-state index contributed by atoms with van der Waals surface area (Å²) in [5, 5.41) is 0. The van der Waals surface area contributed by atoms with Crippen molar-refractivity contribution in [2.24, 2.45) is 0 Å². The molecule has 0 aromatic carbocycles. The van der Waals surface area contributed by atoms with Gasteiger partial charge in [-0.3, -0.25) is 0 Å². The standard InChI is InChI=1S/C11H18O2/c1-2-9-6-7-11(13-9)10-5-3-4-8-12-10/h7,9-10H,2-6,8H2,1H3. The highest BCUT2D eigenvalue weighted by molar-refractivity contribution is 5.07. The van der Waals surface area contributed by atoms with E-state index in [0.29, 0.717) is 6.10 Å². The van der Waals surface area contributed by atoms with E-state index in [2.05, 4.69) is 13.0 Å². The maximum absolute atomic E-state index is 5.79. The molecule has 2 nitrogen and oxygen atoms in total. The third kappa shape index (κ3) is 2.05. The van der Waals surface area contributed by atoms with E-state index in [0.717, 1.165) is 31.6 Å². The van der Waals surface area contributed by atoms with E-state index in [-0.39, 0.29) is 6.10 Å². The molecule has 0 saturated carbocycles. The molecule has 2 heteroatoms. The first kappa shape index (κ1) is 9.07. The molecule has 2 aliphatic rings. The van der Waals surface area contributed by atoms with Crippen LogP contribution in [0.5, 0.6) is 0 Å². The number of ether oxygens (including phenoxy) is 2. The zero-order valence-corrected chi connectivity index (χ0v) is 8.29. The molecule has 74 valence electrons. The van der Waals surface area contributed by atoms with E-state index in [1.165, 1.54) is 12.8 Å². The lowest BCUT2D eigenvalue weighted by atomic mass is 10.1. The monoisotopic (exact) mass is 182 g/mol. The Kier molecular flexibility index (Phi) is 2.89. The third-order valence-electron chi connectivity index (χ3n) is 2.84. The van der Waals surface area contributed by atoms with Gasteiger partial charge in [0.1, 0.15) is 18.0 Å². The fourth-order valence-corrected chi connectivity index (χ4v) is 1.96. The Morgan fingerprint density at radius 1 is 1.46 bits per heavy atom. The lowest BCUT2D eigenvalue weighted by molar-refractivity contribution is -0.00814. The molecule has 2 atom stereocenters. The summed E-state index contributed by atoms with van der Waals surface area (Å²) in [6, 6.07) is 0. The second-order valence-electron chi connectivity index (χ2n) is 3.85. The van der Waals surface area contributed by atoms with Crippen molar-refractivity contribution >= 4 is 0 Å². The average Bonchev–Trinajstić information content (AvgIpc) is 2.67. The first-order valence-electron chi connectivity index (χ1n) is 5.38. The molecular formula is C11H18O2. The van der Waals surface area contributed by atoms with E-state index in [1.807, 2.05) is 0 Å². The fourth-order valence-electron chi connectivity index (χ4n) is 1.96. The SMILES string of the molecule is CCC1CC=C(C2CCCCO2)O1. The summed E-state index contributed by atoms with van der Waals surface area (Å²) in [6.07, 6.45) is 8.71. The molecule has 0 amide bonds. The van der Waals surface area contributed by atoms with Crippen LogP contribution in [0.1, 0.15) is 39.0 Å². The largest absolute Gasteiger partial charge is 0.492 e. The molecule has 2 heterocycles. The predicted molar refractivity (Wildman–Crippen MR) is 51.5 cm³/mol. The minimum Gasteiger partial charge on any atom is -0.492 e. The summed E-state index contributed by atoms with van der Waals surface area (Å²) in [5.74, 6) is 1.10. The normalized spacial score (nSPS) is 34.1. The first-order valence-corrected chi connectivity index (χ1v) is 5.38. The summed E-state index contributed by atoms with van der Waals surface area (Å²) in [6.45, 7) is 3.07. The molecule has 1 fully saturated rings. The van der Waals surface area contributed by atoms with Gasteiger partial charge in [0.15, 0.2) is 0 Å². The highest BCUT2D eigenvalue weighted by atomic mass is 16.5. The van der Waals surface area contributed by atoms with Gasteiger partial charge in [0.2, 0.25) is 0 Å². The van der Waals surface area contributed by atoms with Gasteiger partial charge >= 0.3 is 0 Å². The van der Waals surface area contributed by atoms with Gasteiger partial charge in [-0.15, -0.1) is 0 Å². The van der Waals surface area contributed by atoms with Gasteiger partial charge in [-0.2, -0.15) is 0 Å². The van der Waals surface area contributed by atoms with Gasteiger partial charge < -0.3 is 9.47 Å². The molecular weight excluding hydrogens is 164 g/mol. The van der Waals surface area contributed by atoms with Crippen molar-refractivity contribution in [3.63, 3.8) is 0 Å². The molecule has 0 radical (unpaired) electrons. The maximum Gasteiger partial charge on any atom is 0.121 e. The molecule has 0 bridgehead atoms. The van der Waals surface area contributed by atoms with Gasteiger partial charge in [-0.1, -0.05) is 6.92 Å². The van der Waals surface area contributed by atoms with Gasteiger partial charge in [0.25, 0.3) is 0 Å². The molecule has 13 heavy (non-hydrogen) atoms. The highest BCUT2D eigenvalue weighted by Crippen LogP contribution is 2.28. The third-order valence-corrected chi connectivity index (χ3v) is 2.84. The van der Waals surface area contributed by atoms with Crippen molar-refractivity contribution in [3.05, 3.63) is 11.8 Å². The molecule has 0 spiro atoms. The average molecular weight is 182 g/mol. The zero-order valence-electron chi connectivity index (χ0n) is 8.29. The minimum atomic E-state index is 0.269. The number of rotatable bonds is 2. The van der Waals surface area contributed by atoms with Crippen molar-refractivity contribution < 1.29 is 9.47 Å². The van der Waals surface area contributed by atoms with E-state index in [1.54, 1.807) is 0 Å². The maximum atomic E-state index is 5.79. The summed E-state index contributed by atoms with van der Waals surface area (Å²) >= 11 is 0. The summed E-state index contributed by atoms with van der Waals surface area (Å²) in [7, 11) is 0. The van der Waals surface area contributed by atoms with Crippen LogP contribution in [0.3, 0.4) is 0 Å². The van der Waals surface area contributed by atoms with Crippen LogP contribution in [0.15, 0.2) is 11.8 Å². The summed E-state index contributed by atoms with van der Waals surface area (Å²) in [5.41, 5.74) is 0. The second-order valence-corrected chi connectivity index (χ2v) is 3.85. The van der Waals surface area contributed by atoms with Gasteiger partial charge in [0, 0.05) is 13.0 Å². The molecule has 0 aliphatic carbocycles. The Hall–Kier alpha value is -0.500. The lowest BCUT2D eigenvalue weighted by Crippen LogP contribution is -2.22. The zero-order chi connectivity index (χ0) is 9.10. The van der Waals surface area contributed by atoms with Gasteiger partial charge in [0.05, 0.1) is 0 Å². The van der Waals surface area contributed by atoms with E-state index < -0.39 is 0 Å². The fraction of sp³-hybridized carbons (Fsp3) is 0.818. The van der Waals surface area contributed by atoms with E-state index in [9.17, 15) is 0 Å². The van der Waals surface area contributed by atoms with Crippen LogP contribution >= 0.6 is 0 Å². The Morgan fingerprint density at radius 3 is 3.00 bits per heavy atom. The molecule has 2 aliphatic heterocycles. The van der Waals surface area contributed by atoms with Gasteiger partial charge in [-0.05, 0) is 31.8 Å². The van der Waals surface area contributed by atoms with Crippen LogP contribution in [-0.2, 0) is 9.47 Å². The van der Waals surface area contributed by atoms with Crippen molar-refractivity contribution in [1.82, 2.24) is 0 Å². The van der Waals surface area contributed by atoms with Crippen molar-refractivity contribution in [1.29, 1.82) is 0 Å². The van der Waals surface area contributed by atoms with E-state index in [4.69, 9.17) is 9.47 Å². The van der Waals surface area contributed by atoms with Crippen LogP contribution in [0.25, 0.3) is 0 Å². The Labute approximate surface area is 79.9 Å². The smallest absolute Gasteiger partial charge is 0.121 e. The van der Waals surface area contributed by atoms with Crippen LogP contribution in [0.4, 0.5) is 0 Å². The predicted octanol–water partition coefficient (Wildman–Crippen LogP) is 2.64. The van der Waals surface area contributed by atoms with E-state index >= 15 is 0 Å². The van der Waals surface area contributed by atoms with Crippen molar-refractivity contribution in [2.75, 3.05) is 6.61 Å². The van der Waals surface area contributed by atoms with Crippen LogP contribution in [0, 0.1) is 0 Å². The second kappa shape index (κ2) is 4.14. The topological polar surface area (TPSA) is 18.5 Å². The van der Waals surface area contributed by atoms with Crippen LogP contribution in [0.2, 0.25) is 0 Å². The minimum absolute atomic E-state index is 0.269. The van der Waals surface area contributed by atoms with Crippen LogP contribution < -0.4 is 0 Å². The Morgan fingerprint density at radius 2 is 2.38 bits per heavy atom. The molecule has 0 aromatic heterocycles. The Balaban J connectivity index is 1.87. The van der Waals surface area contributed by atoms with Crippen molar-refractivity contribution in [3.8, 4) is 0 Å². The summed E-state index contributed by atoms with van der Waals surface area (Å²) in [4.78, 5) is 0. The molecule has 2 rings (SSSR count). The first-order chi connectivity index (χ1) is 6.40. The van der Waals surface area contributed by atoms with Gasteiger partial charge in [-0.25, -0.2) is 0 Å². The molecule has 1 saturated heterocycles.